The molecule has 1 aromatic heterocycles. The van der Waals surface area contributed by atoms with Crippen LogP contribution in [0.15, 0.2) is 12.4 Å². The largest absolute Gasteiger partial charge is 0.469 e. The summed E-state index contributed by atoms with van der Waals surface area (Å²) < 4.78 is 12.1. The second kappa shape index (κ2) is 6.50. The van der Waals surface area contributed by atoms with E-state index < -0.39 is 12.1 Å². The number of hydrogen-bond acceptors (Lipinski definition) is 5. The standard InChI is InChI=1S/C16H24N2O4/c1-16(2,3)18-10-11(9-17-18)14(19)22-13-8-6-5-7-12(13)15(20)21-4/h9-10,12-13H,5-8H2,1-4H3/t12-,13-/m1/s1. The van der Waals surface area contributed by atoms with E-state index >= 15 is 0 Å². The Labute approximate surface area is 130 Å². The van der Waals surface area contributed by atoms with E-state index in [1.807, 2.05) is 20.8 Å². The molecule has 1 heterocycles. The third-order valence-electron chi connectivity index (χ3n) is 3.97. The van der Waals surface area contributed by atoms with Crippen LogP contribution in [0.4, 0.5) is 0 Å². The van der Waals surface area contributed by atoms with Crippen LogP contribution in [0.5, 0.6) is 0 Å². The molecular formula is C16H24N2O4. The van der Waals surface area contributed by atoms with Crippen molar-refractivity contribution in [2.45, 2.75) is 58.1 Å². The van der Waals surface area contributed by atoms with Crippen LogP contribution in [0.2, 0.25) is 0 Å². The van der Waals surface area contributed by atoms with E-state index in [-0.39, 0.29) is 17.4 Å². The van der Waals surface area contributed by atoms with Crippen molar-refractivity contribution in [3.63, 3.8) is 0 Å². The lowest BCUT2D eigenvalue weighted by molar-refractivity contribution is -0.151. The summed E-state index contributed by atoms with van der Waals surface area (Å²) in [5.74, 6) is -1.10. The monoisotopic (exact) mass is 308 g/mol. The average molecular weight is 308 g/mol. The number of rotatable bonds is 3. The minimum Gasteiger partial charge on any atom is -0.469 e. The highest BCUT2D eigenvalue weighted by Crippen LogP contribution is 2.28. The Balaban J connectivity index is 2.06. The lowest BCUT2D eigenvalue weighted by Gasteiger charge is -2.28. The molecule has 1 aromatic rings. The number of hydrogen-bond donors (Lipinski definition) is 0. The fourth-order valence-electron chi connectivity index (χ4n) is 2.66. The molecule has 122 valence electrons. The molecule has 1 saturated carbocycles. The van der Waals surface area contributed by atoms with Crippen LogP contribution >= 0.6 is 0 Å². The molecule has 0 N–H and O–H groups in total. The van der Waals surface area contributed by atoms with Gasteiger partial charge in [0.15, 0.2) is 0 Å². The molecule has 22 heavy (non-hydrogen) atoms. The van der Waals surface area contributed by atoms with E-state index in [1.165, 1.54) is 13.3 Å². The topological polar surface area (TPSA) is 70.4 Å². The van der Waals surface area contributed by atoms with Crippen LogP contribution in [0.25, 0.3) is 0 Å². The predicted molar refractivity (Wildman–Crippen MR) is 80.4 cm³/mol. The highest BCUT2D eigenvalue weighted by Gasteiger charge is 2.35. The molecule has 2 rings (SSSR count). The summed E-state index contributed by atoms with van der Waals surface area (Å²) in [6, 6.07) is 0. The van der Waals surface area contributed by atoms with Crippen molar-refractivity contribution in [1.29, 1.82) is 0 Å². The molecule has 0 amide bonds. The van der Waals surface area contributed by atoms with Crippen LogP contribution in [0, 0.1) is 5.92 Å². The van der Waals surface area contributed by atoms with Crippen molar-refractivity contribution >= 4 is 11.9 Å². The average Bonchev–Trinajstić information content (AvgIpc) is 2.97. The summed E-state index contributed by atoms with van der Waals surface area (Å²) in [5, 5.41) is 4.20. The normalized spacial score (nSPS) is 22.2. The first-order chi connectivity index (χ1) is 10.3. The first-order valence-corrected chi connectivity index (χ1v) is 7.67. The van der Waals surface area contributed by atoms with Gasteiger partial charge in [-0.25, -0.2) is 4.79 Å². The Morgan fingerprint density at radius 2 is 1.95 bits per heavy atom. The van der Waals surface area contributed by atoms with E-state index in [2.05, 4.69) is 5.10 Å². The van der Waals surface area contributed by atoms with Crippen LogP contribution in [-0.4, -0.2) is 34.9 Å². The van der Waals surface area contributed by atoms with Gasteiger partial charge in [0.25, 0.3) is 0 Å². The zero-order chi connectivity index (χ0) is 16.3. The Kier molecular flexibility index (Phi) is 4.88. The number of carbonyl (C=O) groups is 2. The van der Waals surface area contributed by atoms with Gasteiger partial charge in [-0.05, 0) is 40.0 Å². The van der Waals surface area contributed by atoms with Crippen molar-refractivity contribution < 1.29 is 19.1 Å². The summed E-state index contributed by atoms with van der Waals surface area (Å²) >= 11 is 0. The molecule has 0 unspecified atom stereocenters. The number of aromatic nitrogens is 2. The van der Waals surface area contributed by atoms with Gasteiger partial charge < -0.3 is 9.47 Å². The first kappa shape index (κ1) is 16.5. The first-order valence-electron chi connectivity index (χ1n) is 7.67. The molecule has 6 heteroatoms. The van der Waals surface area contributed by atoms with E-state index in [0.29, 0.717) is 18.4 Å². The van der Waals surface area contributed by atoms with E-state index in [1.54, 1.807) is 10.9 Å². The molecule has 2 atom stereocenters. The van der Waals surface area contributed by atoms with Crippen LogP contribution in [0.3, 0.4) is 0 Å². The predicted octanol–water partition coefficient (Wildman–Crippen LogP) is 2.53. The number of ether oxygens (including phenoxy) is 2. The van der Waals surface area contributed by atoms with Crippen molar-refractivity contribution in [2.24, 2.45) is 5.92 Å². The Morgan fingerprint density at radius 1 is 1.27 bits per heavy atom. The maximum atomic E-state index is 12.3. The molecule has 0 spiro atoms. The third kappa shape index (κ3) is 3.67. The Bertz CT molecular complexity index is 545. The molecule has 1 fully saturated rings. The second-order valence-corrected chi connectivity index (χ2v) is 6.70. The zero-order valence-corrected chi connectivity index (χ0v) is 13.7. The molecule has 6 nitrogen and oxygen atoms in total. The van der Waals surface area contributed by atoms with Gasteiger partial charge >= 0.3 is 11.9 Å². The summed E-state index contributed by atoms with van der Waals surface area (Å²) in [6.07, 6.45) is 6.07. The molecular weight excluding hydrogens is 284 g/mol. The van der Waals surface area contributed by atoms with Crippen molar-refractivity contribution in [3.05, 3.63) is 18.0 Å². The summed E-state index contributed by atoms with van der Waals surface area (Å²) in [7, 11) is 1.36. The Morgan fingerprint density at radius 3 is 2.55 bits per heavy atom. The second-order valence-electron chi connectivity index (χ2n) is 6.70. The fraction of sp³-hybridized carbons (Fsp3) is 0.688. The van der Waals surface area contributed by atoms with Gasteiger partial charge in [-0.1, -0.05) is 6.42 Å². The highest BCUT2D eigenvalue weighted by molar-refractivity contribution is 5.89. The minimum absolute atomic E-state index is 0.197. The van der Waals surface area contributed by atoms with Crippen molar-refractivity contribution in [1.82, 2.24) is 9.78 Å². The maximum absolute atomic E-state index is 12.3. The van der Waals surface area contributed by atoms with Crippen LogP contribution in [0.1, 0.15) is 56.8 Å². The molecule has 1 aliphatic carbocycles. The molecule has 0 bridgehead atoms. The maximum Gasteiger partial charge on any atom is 0.341 e. The molecule has 0 aliphatic heterocycles. The van der Waals surface area contributed by atoms with E-state index in [4.69, 9.17) is 9.47 Å². The quantitative estimate of drug-likeness (QED) is 0.802. The summed E-state index contributed by atoms with van der Waals surface area (Å²) in [6.45, 7) is 6.01. The van der Waals surface area contributed by atoms with E-state index in [0.717, 1.165) is 12.8 Å². The van der Waals surface area contributed by atoms with Gasteiger partial charge in [-0.2, -0.15) is 5.10 Å². The summed E-state index contributed by atoms with van der Waals surface area (Å²) in [5.41, 5.74) is 0.210. The lowest BCUT2D eigenvalue weighted by Crippen LogP contribution is -2.36. The smallest absolute Gasteiger partial charge is 0.341 e. The van der Waals surface area contributed by atoms with Crippen LogP contribution in [-0.2, 0) is 19.8 Å². The summed E-state index contributed by atoms with van der Waals surface area (Å²) in [4.78, 5) is 24.1. The third-order valence-corrected chi connectivity index (χ3v) is 3.97. The van der Waals surface area contributed by atoms with Crippen molar-refractivity contribution in [2.75, 3.05) is 7.11 Å². The van der Waals surface area contributed by atoms with Gasteiger partial charge in [0.1, 0.15) is 6.10 Å². The fourth-order valence-corrected chi connectivity index (χ4v) is 2.66. The molecule has 0 aromatic carbocycles. The molecule has 0 saturated heterocycles. The van der Waals surface area contributed by atoms with E-state index in [9.17, 15) is 9.59 Å². The lowest BCUT2D eigenvalue weighted by atomic mass is 9.86. The van der Waals surface area contributed by atoms with Gasteiger partial charge in [0.2, 0.25) is 0 Å². The number of nitrogens with zero attached hydrogens (tertiary/aromatic N) is 2. The van der Waals surface area contributed by atoms with Gasteiger partial charge in [-0.3, -0.25) is 9.48 Å². The minimum atomic E-state index is -0.434. The number of esters is 2. The highest BCUT2D eigenvalue weighted by atomic mass is 16.6. The van der Waals surface area contributed by atoms with Gasteiger partial charge in [0.05, 0.1) is 30.3 Å². The molecule has 0 radical (unpaired) electrons. The van der Waals surface area contributed by atoms with Gasteiger partial charge in [0, 0.05) is 6.20 Å². The SMILES string of the molecule is COC(=O)[C@@H]1CCCC[C@H]1OC(=O)c1cnn(C(C)(C)C)c1. The number of carbonyl (C=O) groups excluding carboxylic acids is 2. The van der Waals surface area contributed by atoms with Crippen LogP contribution < -0.4 is 0 Å². The number of methoxy groups -OCH3 is 1. The van der Waals surface area contributed by atoms with Gasteiger partial charge in [-0.15, -0.1) is 0 Å². The van der Waals surface area contributed by atoms with Crippen molar-refractivity contribution in [3.8, 4) is 0 Å². The Hall–Kier alpha value is -1.85. The molecule has 1 aliphatic rings. The zero-order valence-electron chi connectivity index (χ0n) is 13.7.